The van der Waals surface area contributed by atoms with Crippen LogP contribution in [0.25, 0.3) is 16.8 Å². The number of carbonyl (C=O) groups excluding carboxylic acids is 1. The average molecular weight is 352 g/mol. The summed E-state index contributed by atoms with van der Waals surface area (Å²) in [4.78, 5) is 15.8. The lowest BCUT2D eigenvalue weighted by Crippen LogP contribution is -2.27. The van der Waals surface area contributed by atoms with Gasteiger partial charge in [0, 0.05) is 36.4 Å². The van der Waals surface area contributed by atoms with Crippen molar-refractivity contribution in [1.29, 1.82) is 0 Å². The van der Waals surface area contributed by atoms with Gasteiger partial charge in [-0.2, -0.15) is 0 Å². The maximum Gasteiger partial charge on any atom is 0.266 e. The summed E-state index contributed by atoms with van der Waals surface area (Å²) in [6.45, 7) is 1.72. The second-order valence-electron chi connectivity index (χ2n) is 6.15. The fourth-order valence-electron chi connectivity index (χ4n) is 3.28. The molecular formula is C20H20N2O2S. The van der Waals surface area contributed by atoms with Crippen LogP contribution < -0.4 is 4.74 Å². The molecule has 0 spiro atoms. The van der Waals surface area contributed by atoms with E-state index in [1.807, 2.05) is 58.3 Å². The molecule has 3 aromatic rings. The third kappa shape index (κ3) is 2.96. The number of hydrogen-bond acceptors (Lipinski definition) is 3. The quantitative estimate of drug-likeness (QED) is 0.695. The Bertz CT molecular complexity index is 860. The normalized spacial score (nSPS) is 14.0. The van der Waals surface area contributed by atoms with E-state index in [2.05, 4.69) is 5.38 Å². The van der Waals surface area contributed by atoms with Crippen LogP contribution in [0.5, 0.6) is 5.75 Å². The summed E-state index contributed by atoms with van der Waals surface area (Å²) in [5.41, 5.74) is 3.13. The zero-order valence-corrected chi connectivity index (χ0v) is 15.0. The zero-order chi connectivity index (χ0) is 17.2. The molecule has 1 saturated heterocycles. The SMILES string of the molecule is COc1ccc(-c2csc(C(=O)N3CCCC3)c2-n2cccc2)cc1. The Morgan fingerprint density at radius 2 is 1.76 bits per heavy atom. The Labute approximate surface area is 151 Å². The number of benzene rings is 1. The van der Waals surface area contributed by atoms with E-state index in [0.717, 1.165) is 53.4 Å². The summed E-state index contributed by atoms with van der Waals surface area (Å²) in [5.74, 6) is 0.973. The summed E-state index contributed by atoms with van der Waals surface area (Å²) in [6, 6.07) is 12.0. The lowest BCUT2D eigenvalue weighted by molar-refractivity contribution is 0.0797. The number of likely N-dealkylation sites (tertiary alicyclic amines) is 1. The first-order valence-electron chi connectivity index (χ1n) is 8.46. The van der Waals surface area contributed by atoms with E-state index in [0.29, 0.717) is 0 Å². The largest absolute Gasteiger partial charge is 0.497 e. The molecule has 0 unspecified atom stereocenters. The summed E-state index contributed by atoms with van der Waals surface area (Å²) in [6.07, 6.45) is 6.19. The van der Waals surface area contributed by atoms with Gasteiger partial charge in [-0.1, -0.05) is 12.1 Å². The maximum absolute atomic E-state index is 13.0. The van der Waals surface area contributed by atoms with Crippen LogP contribution in [0.15, 0.2) is 54.2 Å². The summed E-state index contributed by atoms with van der Waals surface area (Å²) in [5, 5.41) is 2.08. The van der Waals surface area contributed by atoms with Gasteiger partial charge in [-0.15, -0.1) is 11.3 Å². The molecule has 1 fully saturated rings. The van der Waals surface area contributed by atoms with Gasteiger partial charge in [0.05, 0.1) is 12.8 Å². The number of aromatic nitrogens is 1. The van der Waals surface area contributed by atoms with Crippen LogP contribution in [-0.2, 0) is 0 Å². The fraction of sp³-hybridized carbons (Fsp3) is 0.250. The summed E-state index contributed by atoms with van der Waals surface area (Å²) >= 11 is 1.53. The van der Waals surface area contributed by atoms with Crippen LogP contribution in [0.4, 0.5) is 0 Å². The topological polar surface area (TPSA) is 34.5 Å². The Morgan fingerprint density at radius 3 is 2.40 bits per heavy atom. The molecule has 1 amide bonds. The second-order valence-corrected chi connectivity index (χ2v) is 7.02. The van der Waals surface area contributed by atoms with Crippen molar-refractivity contribution in [3.05, 3.63) is 59.0 Å². The number of thiophene rings is 1. The highest BCUT2D eigenvalue weighted by molar-refractivity contribution is 7.13. The van der Waals surface area contributed by atoms with Gasteiger partial charge in [-0.25, -0.2) is 0 Å². The van der Waals surface area contributed by atoms with E-state index in [1.54, 1.807) is 7.11 Å². The molecule has 3 heterocycles. The molecule has 2 aromatic heterocycles. The van der Waals surface area contributed by atoms with Gasteiger partial charge in [0.1, 0.15) is 10.6 Å². The van der Waals surface area contributed by atoms with Gasteiger partial charge in [0.15, 0.2) is 0 Å². The molecule has 25 heavy (non-hydrogen) atoms. The van der Waals surface area contributed by atoms with Crippen molar-refractivity contribution in [2.75, 3.05) is 20.2 Å². The Hall–Kier alpha value is -2.53. The monoisotopic (exact) mass is 352 g/mol. The molecule has 128 valence electrons. The van der Waals surface area contributed by atoms with E-state index in [9.17, 15) is 4.79 Å². The molecule has 0 aliphatic carbocycles. The molecule has 0 bridgehead atoms. The minimum Gasteiger partial charge on any atom is -0.497 e. The van der Waals surface area contributed by atoms with Crippen LogP contribution >= 0.6 is 11.3 Å². The molecule has 4 rings (SSSR count). The van der Waals surface area contributed by atoms with Crippen LogP contribution in [0, 0.1) is 0 Å². The molecule has 4 nitrogen and oxygen atoms in total. The second kappa shape index (κ2) is 6.76. The first kappa shape index (κ1) is 16.0. The number of ether oxygens (including phenoxy) is 1. The highest BCUT2D eigenvalue weighted by Crippen LogP contribution is 2.36. The van der Waals surface area contributed by atoms with Crippen molar-refractivity contribution in [3.8, 4) is 22.6 Å². The molecular weight excluding hydrogens is 332 g/mol. The summed E-state index contributed by atoms with van der Waals surface area (Å²) < 4.78 is 7.30. The third-order valence-electron chi connectivity index (χ3n) is 4.62. The van der Waals surface area contributed by atoms with Gasteiger partial charge < -0.3 is 14.2 Å². The lowest BCUT2D eigenvalue weighted by Gasteiger charge is -2.16. The van der Waals surface area contributed by atoms with Gasteiger partial charge in [0.2, 0.25) is 0 Å². The highest BCUT2D eigenvalue weighted by Gasteiger charge is 2.26. The first-order chi connectivity index (χ1) is 12.3. The van der Waals surface area contributed by atoms with Crippen LogP contribution in [0.2, 0.25) is 0 Å². The molecule has 1 aliphatic rings. The van der Waals surface area contributed by atoms with Crippen molar-refractivity contribution in [2.24, 2.45) is 0 Å². The van der Waals surface area contributed by atoms with E-state index < -0.39 is 0 Å². The van der Waals surface area contributed by atoms with E-state index in [1.165, 1.54) is 11.3 Å². The molecule has 5 heteroatoms. The van der Waals surface area contributed by atoms with Crippen LogP contribution in [0.3, 0.4) is 0 Å². The highest BCUT2D eigenvalue weighted by atomic mass is 32.1. The van der Waals surface area contributed by atoms with E-state index in [-0.39, 0.29) is 5.91 Å². The first-order valence-corrected chi connectivity index (χ1v) is 9.34. The number of amides is 1. The van der Waals surface area contributed by atoms with Gasteiger partial charge in [0.25, 0.3) is 5.91 Å². The molecule has 0 N–H and O–H groups in total. The van der Waals surface area contributed by atoms with E-state index >= 15 is 0 Å². The van der Waals surface area contributed by atoms with Crippen molar-refractivity contribution in [3.63, 3.8) is 0 Å². The lowest BCUT2D eigenvalue weighted by atomic mass is 10.1. The minimum atomic E-state index is 0.144. The number of nitrogens with zero attached hydrogens (tertiary/aromatic N) is 2. The standard InChI is InChI=1S/C20H20N2O2S/c1-24-16-8-6-15(7-9-16)17-14-25-19(18(17)21-10-2-3-11-21)20(23)22-12-4-5-13-22/h2-3,6-11,14H,4-5,12-13H2,1H3. The third-order valence-corrected chi connectivity index (χ3v) is 5.57. The number of methoxy groups -OCH3 is 1. The van der Waals surface area contributed by atoms with Crippen molar-refractivity contribution < 1.29 is 9.53 Å². The van der Waals surface area contributed by atoms with Gasteiger partial charge >= 0.3 is 0 Å². The smallest absolute Gasteiger partial charge is 0.266 e. The van der Waals surface area contributed by atoms with E-state index in [4.69, 9.17) is 4.74 Å². The Kier molecular flexibility index (Phi) is 4.32. The number of carbonyl (C=O) groups is 1. The fourth-order valence-corrected chi connectivity index (χ4v) is 4.32. The van der Waals surface area contributed by atoms with Gasteiger partial charge in [-0.05, 0) is 42.7 Å². The zero-order valence-electron chi connectivity index (χ0n) is 14.1. The Morgan fingerprint density at radius 1 is 1.08 bits per heavy atom. The molecule has 1 aromatic carbocycles. The molecule has 0 radical (unpaired) electrons. The Balaban J connectivity index is 1.80. The minimum absolute atomic E-state index is 0.144. The number of rotatable bonds is 4. The predicted molar refractivity (Wildman–Crippen MR) is 101 cm³/mol. The predicted octanol–water partition coefficient (Wildman–Crippen LogP) is 4.45. The summed E-state index contributed by atoms with van der Waals surface area (Å²) in [7, 11) is 1.66. The molecule has 0 atom stereocenters. The van der Waals surface area contributed by atoms with Gasteiger partial charge in [-0.3, -0.25) is 4.79 Å². The number of hydrogen-bond donors (Lipinski definition) is 0. The molecule has 0 saturated carbocycles. The van der Waals surface area contributed by atoms with Crippen molar-refractivity contribution >= 4 is 17.2 Å². The van der Waals surface area contributed by atoms with Crippen molar-refractivity contribution in [2.45, 2.75) is 12.8 Å². The average Bonchev–Trinajstić information content (AvgIpc) is 3.42. The van der Waals surface area contributed by atoms with Crippen LogP contribution in [-0.4, -0.2) is 35.6 Å². The maximum atomic E-state index is 13.0. The van der Waals surface area contributed by atoms with Crippen LogP contribution in [0.1, 0.15) is 22.5 Å². The molecule has 1 aliphatic heterocycles. The van der Waals surface area contributed by atoms with Crippen molar-refractivity contribution in [1.82, 2.24) is 9.47 Å².